The highest BCUT2D eigenvalue weighted by Crippen LogP contribution is 2.26. The third-order valence-corrected chi connectivity index (χ3v) is 3.08. The molecule has 0 radical (unpaired) electrons. The van der Waals surface area contributed by atoms with Crippen LogP contribution in [-0.2, 0) is 19.7 Å². The standard InChI is InChI=1S/C15H15NO/c1-2-5-12(6-3-1)11-17-15-8-4-7-13-9-16-10-14(13)15/h1-8,16H,9-11H2. The predicted molar refractivity (Wildman–Crippen MR) is 67.8 cm³/mol. The van der Waals surface area contributed by atoms with E-state index in [1.165, 1.54) is 16.7 Å². The zero-order chi connectivity index (χ0) is 11.5. The Bertz CT molecular complexity index is 508. The van der Waals surface area contributed by atoms with Gasteiger partial charge in [0.25, 0.3) is 0 Å². The maximum absolute atomic E-state index is 5.89. The van der Waals surface area contributed by atoms with Crippen molar-refractivity contribution in [2.24, 2.45) is 0 Å². The van der Waals surface area contributed by atoms with Crippen LogP contribution in [0.15, 0.2) is 48.5 Å². The van der Waals surface area contributed by atoms with Crippen LogP contribution in [0.2, 0.25) is 0 Å². The number of benzene rings is 2. The lowest BCUT2D eigenvalue weighted by Crippen LogP contribution is -2.01. The quantitative estimate of drug-likeness (QED) is 0.867. The molecule has 86 valence electrons. The Hall–Kier alpha value is -1.80. The van der Waals surface area contributed by atoms with Gasteiger partial charge in [-0.25, -0.2) is 0 Å². The fourth-order valence-corrected chi connectivity index (χ4v) is 2.17. The van der Waals surface area contributed by atoms with Gasteiger partial charge < -0.3 is 10.1 Å². The first kappa shape index (κ1) is 10.4. The third kappa shape index (κ3) is 2.17. The molecule has 0 fully saturated rings. The van der Waals surface area contributed by atoms with Crippen molar-refractivity contribution in [3.63, 3.8) is 0 Å². The number of hydrogen-bond acceptors (Lipinski definition) is 2. The molecule has 1 N–H and O–H groups in total. The monoisotopic (exact) mass is 225 g/mol. The van der Waals surface area contributed by atoms with Gasteiger partial charge in [0.15, 0.2) is 0 Å². The lowest BCUT2D eigenvalue weighted by Gasteiger charge is -2.10. The molecular weight excluding hydrogens is 210 g/mol. The first-order valence-corrected chi connectivity index (χ1v) is 5.92. The van der Waals surface area contributed by atoms with Crippen LogP contribution in [0.3, 0.4) is 0 Å². The molecule has 1 aliphatic rings. The van der Waals surface area contributed by atoms with Crippen LogP contribution in [0.4, 0.5) is 0 Å². The molecule has 0 saturated heterocycles. The molecule has 1 heterocycles. The van der Waals surface area contributed by atoms with Crippen molar-refractivity contribution < 1.29 is 4.74 Å². The minimum atomic E-state index is 0.636. The number of rotatable bonds is 3. The second-order valence-electron chi connectivity index (χ2n) is 4.27. The zero-order valence-electron chi connectivity index (χ0n) is 9.65. The summed E-state index contributed by atoms with van der Waals surface area (Å²) in [5.41, 5.74) is 3.87. The molecule has 0 aromatic heterocycles. The number of hydrogen-bond donors (Lipinski definition) is 1. The Morgan fingerprint density at radius 2 is 1.82 bits per heavy atom. The highest BCUT2D eigenvalue weighted by atomic mass is 16.5. The Balaban J connectivity index is 1.76. The van der Waals surface area contributed by atoms with E-state index in [1.807, 2.05) is 18.2 Å². The van der Waals surface area contributed by atoms with Gasteiger partial charge in [-0.15, -0.1) is 0 Å². The van der Waals surface area contributed by atoms with E-state index >= 15 is 0 Å². The van der Waals surface area contributed by atoms with Gasteiger partial charge in [0.2, 0.25) is 0 Å². The van der Waals surface area contributed by atoms with Crippen LogP contribution in [0, 0.1) is 0 Å². The van der Waals surface area contributed by atoms with Crippen LogP contribution in [0.5, 0.6) is 5.75 Å². The minimum absolute atomic E-state index is 0.636. The summed E-state index contributed by atoms with van der Waals surface area (Å²) < 4.78 is 5.89. The Labute approximate surface area is 101 Å². The van der Waals surface area contributed by atoms with Crippen molar-refractivity contribution in [1.82, 2.24) is 5.32 Å². The molecule has 2 nitrogen and oxygen atoms in total. The fourth-order valence-electron chi connectivity index (χ4n) is 2.17. The van der Waals surface area contributed by atoms with Crippen molar-refractivity contribution >= 4 is 0 Å². The van der Waals surface area contributed by atoms with Gasteiger partial charge in [-0.1, -0.05) is 42.5 Å². The smallest absolute Gasteiger partial charge is 0.124 e. The van der Waals surface area contributed by atoms with Gasteiger partial charge in [-0.2, -0.15) is 0 Å². The largest absolute Gasteiger partial charge is 0.489 e. The zero-order valence-corrected chi connectivity index (χ0v) is 9.65. The van der Waals surface area contributed by atoms with Crippen LogP contribution < -0.4 is 10.1 Å². The predicted octanol–water partition coefficient (Wildman–Crippen LogP) is 2.87. The highest BCUT2D eigenvalue weighted by molar-refractivity contribution is 5.42. The SMILES string of the molecule is c1ccc(COc2cccc3c2CNC3)cc1. The molecule has 2 aromatic rings. The molecule has 2 aromatic carbocycles. The summed E-state index contributed by atoms with van der Waals surface area (Å²) in [7, 11) is 0. The summed E-state index contributed by atoms with van der Waals surface area (Å²) in [4.78, 5) is 0. The molecule has 3 rings (SSSR count). The average Bonchev–Trinajstić information content (AvgIpc) is 2.86. The van der Waals surface area contributed by atoms with Gasteiger partial charge >= 0.3 is 0 Å². The van der Waals surface area contributed by atoms with Crippen molar-refractivity contribution in [1.29, 1.82) is 0 Å². The van der Waals surface area contributed by atoms with Gasteiger partial charge in [0.1, 0.15) is 12.4 Å². The summed E-state index contributed by atoms with van der Waals surface area (Å²) >= 11 is 0. The molecule has 0 bridgehead atoms. The van der Waals surface area contributed by atoms with Crippen molar-refractivity contribution in [3.8, 4) is 5.75 Å². The van der Waals surface area contributed by atoms with Gasteiger partial charge in [0, 0.05) is 18.7 Å². The van der Waals surface area contributed by atoms with Crippen molar-refractivity contribution in [2.45, 2.75) is 19.7 Å². The van der Waals surface area contributed by atoms with Crippen molar-refractivity contribution in [2.75, 3.05) is 0 Å². The second-order valence-corrected chi connectivity index (χ2v) is 4.27. The van der Waals surface area contributed by atoms with Gasteiger partial charge in [-0.05, 0) is 17.2 Å². The normalized spacial score (nSPS) is 13.4. The lowest BCUT2D eigenvalue weighted by atomic mass is 10.1. The molecule has 17 heavy (non-hydrogen) atoms. The van der Waals surface area contributed by atoms with E-state index in [0.717, 1.165) is 18.8 Å². The second kappa shape index (κ2) is 4.60. The molecule has 0 atom stereocenters. The molecule has 2 heteroatoms. The molecule has 0 spiro atoms. The van der Waals surface area contributed by atoms with Crippen LogP contribution in [0.1, 0.15) is 16.7 Å². The Morgan fingerprint density at radius 3 is 2.71 bits per heavy atom. The van der Waals surface area contributed by atoms with Crippen LogP contribution in [-0.4, -0.2) is 0 Å². The molecule has 1 aliphatic heterocycles. The van der Waals surface area contributed by atoms with Gasteiger partial charge in [0.05, 0.1) is 0 Å². The summed E-state index contributed by atoms with van der Waals surface area (Å²) in [6.07, 6.45) is 0. The van der Waals surface area contributed by atoms with E-state index in [-0.39, 0.29) is 0 Å². The Kier molecular flexibility index (Phi) is 2.80. The van der Waals surface area contributed by atoms with E-state index in [9.17, 15) is 0 Å². The van der Waals surface area contributed by atoms with E-state index < -0.39 is 0 Å². The maximum atomic E-state index is 5.89. The minimum Gasteiger partial charge on any atom is -0.489 e. The third-order valence-electron chi connectivity index (χ3n) is 3.08. The number of fused-ring (bicyclic) bond motifs is 1. The summed E-state index contributed by atoms with van der Waals surface area (Å²) in [5.74, 6) is 1.01. The average molecular weight is 225 g/mol. The molecule has 0 amide bonds. The Morgan fingerprint density at radius 1 is 0.941 bits per heavy atom. The van der Waals surface area contributed by atoms with Crippen LogP contribution in [0.25, 0.3) is 0 Å². The van der Waals surface area contributed by atoms with E-state index in [1.54, 1.807) is 0 Å². The first-order valence-electron chi connectivity index (χ1n) is 5.92. The molecule has 0 saturated carbocycles. The lowest BCUT2D eigenvalue weighted by molar-refractivity contribution is 0.303. The summed E-state index contributed by atoms with van der Waals surface area (Å²) in [6, 6.07) is 16.5. The molecular formula is C15H15NO. The summed E-state index contributed by atoms with van der Waals surface area (Å²) in [6.45, 7) is 2.51. The number of ether oxygens (including phenoxy) is 1. The maximum Gasteiger partial charge on any atom is 0.124 e. The summed E-state index contributed by atoms with van der Waals surface area (Å²) in [5, 5.41) is 3.35. The van der Waals surface area contributed by atoms with E-state index in [0.29, 0.717) is 6.61 Å². The topological polar surface area (TPSA) is 21.3 Å². The fraction of sp³-hybridized carbons (Fsp3) is 0.200. The first-order chi connectivity index (χ1) is 8.43. The number of nitrogens with one attached hydrogen (secondary N) is 1. The van der Waals surface area contributed by atoms with E-state index in [2.05, 4.69) is 35.6 Å². The highest BCUT2D eigenvalue weighted by Gasteiger charge is 2.14. The van der Waals surface area contributed by atoms with Gasteiger partial charge in [-0.3, -0.25) is 0 Å². The molecule has 0 unspecified atom stereocenters. The molecule has 0 aliphatic carbocycles. The van der Waals surface area contributed by atoms with Crippen LogP contribution >= 0.6 is 0 Å². The van der Waals surface area contributed by atoms with Crippen molar-refractivity contribution in [3.05, 3.63) is 65.2 Å². The van der Waals surface area contributed by atoms with E-state index in [4.69, 9.17) is 4.74 Å².